The van der Waals surface area contributed by atoms with Crippen molar-refractivity contribution in [1.29, 1.82) is 0 Å². The van der Waals surface area contributed by atoms with Gasteiger partial charge in [0.05, 0.1) is 0 Å². The highest BCUT2D eigenvalue weighted by molar-refractivity contribution is 5.94. The quantitative estimate of drug-likeness (QED) is 0.784. The molecule has 1 aromatic rings. The molecule has 0 atom stereocenters. The van der Waals surface area contributed by atoms with Crippen LogP contribution < -0.4 is 0 Å². The molecule has 0 bridgehead atoms. The summed E-state index contributed by atoms with van der Waals surface area (Å²) >= 11 is 0. The van der Waals surface area contributed by atoms with Gasteiger partial charge in [-0.3, -0.25) is 4.79 Å². The first-order valence-corrected chi connectivity index (χ1v) is 6.18. The number of nitrogens with zero attached hydrogens (tertiary/aromatic N) is 1. The van der Waals surface area contributed by atoms with Crippen molar-refractivity contribution in [3.63, 3.8) is 0 Å². The molecule has 0 saturated heterocycles. The van der Waals surface area contributed by atoms with Gasteiger partial charge in [-0.15, -0.1) is 0 Å². The van der Waals surface area contributed by atoms with Crippen molar-refractivity contribution in [3.05, 3.63) is 35.4 Å². The van der Waals surface area contributed by atoms with Crippen LogP contribution in [0.25, 0.3) is 0 Å². The van der Waals surface area contributed by atoms with Crippen LogP contribution in [0.4, 0.5) is 0 Å². The van der Waals surface area contributed by atoms with Crippen LogP contribution in [-0.4, -0.2) is 24.4 Å². The smallest absolute Gasteiger partial charge is 0.253 e. The fraction of sp³-hybridized carbons (Fsp3) is 0.533. The molecule has 1 amide bonds. The molecule has 1 rings (SSSR count). The molecule has 0 radical (unpaired) electrons. The fourth-order valence-corrected chi connectivity index (χ4v) is 1.79. The van der Waals surface area contributed by atoms with Crippen LogP contribution >= 0.6 is 0 Å². The lowest BCUT2D eigenvalue weighted by Gasteiger charge is -2.19. The van der Waals surface area contributed by atoms with Crippen molar-refractivity contribution in [2.75, 3.05) is 13.6 Å². The van der Waals surface area contributed by atoms with Gasteiger partial charge in [0.2, 0.25) is 0 Å². The first kappa shape index (κ1) is 13.8. The summed E-state index contributed by atoms with van der Waals surface area (Å²) in [6.45, 7) is 9.35. The van der Waals surface area contributed by atoms with E-state index >= 15 is 0 Å². The highest BCUT2D eigenvalue weighted by atomic mass is 16.2. The molecule has 0 unspecified atom stereocenters. The summed E-state index contributed by atoms with van der Waals surface area (Å²) < 4.78 is 0. The molecule has 2 heteroatoms. The molecule has 0 saturated carbocycles. The third kappa shape index (κ3) is 4.22. The van der Waals surface area contributed by atoms with Crippen LogP contribution in [-0.2, 0) is 6.42 Å². The largest absolute Gasteiger partial charge is 0.342 e. The third-order valence-corrected chi connectivity index (χ3v) is 2.73. The van der Waals surface area contributed by atoms with Gasteiger partial charge >= 0.3 is 0 Å². The van der Waals surface area contributed by atoms with Gasteiger partial charge in [0, 0.05) is 19.2 Å². The van der Waals surface area contributed by atoms with Gasteiger partial charge in [-0.25, -0.2) is 0 Å². The Kier molecular flexibility index (Phi) is 4.33. The summed E-state index contributed by atoms with van der Waals surface area (Å²) in [5.74, 6) is 0.100. The normalized spacial score (nSPS) is 11.4. The van der Waals surface area contributed by atoms with Crippen molar-refractivity contribution in [2.45, 2.75) is 34.1 Å². The molecule has 0 N–H and O–H groups in total. The van der Waals surface area contributed by atoms with E-state index in [9.17, 15) is 4.79 Å². The van der Waals surface area contributed by atoms with Crippen molar-refractivity contribution < 1.29 is 4.79 Å². The molecule has 0 aliphatic heterocycles. The van der Waals surface area contributed by atoms with Gasteiger partial charge in [0.15, 0.2) is 0 Å². The Labute approximate surface area is 105 Å². The van der Waals surface area contributed by atoms with Gasteiger partial charge in [0.1, 0.15) is 0 Å². The zero-order valence-electron chi connectivity index (χ0n) is 11.6. The minimum atomic E-state index is 0.100. The minimum absolute atomic E-state index is 0.100. The molecular weight excluding hydrogens is 210 g/mol. The van der Waals surface area contributed by atoms with Crippen LogP contribution in [0.15, 0.2) is 24.3 Å². The van der Waals surface area contributed by atoms with E-state index in [1.165, 1.54) is 5.56 Å². The van der Waals surface area contributed by atoms with Crippen LogP contribution in [0.2, 0.25) is 0 Å². The number of benzene rings is 1. The number of rotatable bonds is 3. The van der Waals surface area contributed by atoms with E-state index in [0.717, 1.165) is 18.5 Å². The van der Waals surface area contributed by atoms with Crippen molar-refractivity contribution in [2.24, 2.45) is 5.41 Å². The molecule has 17 heavy (non-hydrogen) atoms. The Balaban J connectivity index is 2.90. The molecule has 0 aromatic heterocycles. The van der Waals surface area contributed by atoms with E-state index in [1.807, 2.05) is 32.2 Å². The fourth-order valence-electron chi connectivity index (χ4n) is 1.79. The van der Waals surface area contributed by atoms with Crippen molar-refractivity contribution in [1.82, 2.24) is 4.90 Å². The second kappa shape index (κ2) is 5.35. The molecule has 0 aliphatic carbocycles. The highest BCUT2D eigenvalue weighted by Crippen LogP contribution is 2.21. The second-order valence-corrected chi connectivity index (χ2v) is 5.76. The molecular formula is C15H23NO. The van der Waals surface area contributed by atoms with Crippen LogP contribution in [0.1, 0.15) is 43.6 Å². The van der Waals surface area contributed by atoms with Crippen molar-refractivity contribution >= 4 is 5.91 Å². The molecule has 0 aliphatic rings. The predicted molar refractivity (Wildman–Crippen MR) is 72.2 cm³/mol. The highest BCUT2D eigenvalue weighted by Gasteiger charge is 2.14. The Morgan fingerprint density at radius 1 is 1.29 bits per heavy atom. The first-order chi connectivity index (χ1) is 7.83. The SMILES string of the molecule is CCN(C)C(=O)c1cccc(CC(C)(C)C)c1. The van der Waals surface area contributed by atoms with E-state index in [-0.39, 0.29) is 11.3 Å². The zero-order chi connectivity index (χ0) is 13.1. The average Bonchev–Trinajstić information content (AvgIpc) is 2.25. The molecule has 0 fully saturated rings. The summed E-state index contributed by atoms with van der Waals surface area (Å²) in [5, 5.41) is 0. The third-order valence-electron chi connectivity index (χ3n) is 2.73. The van der Waals surface area contributed by atoms with Crippen molar-refractivity contribution in [3.8, 4) is 0 Å². The molecule has 94 valence electrons. The Morgan fingerprint density at radius 2 is 1.94 bits per heavy atom. The lowest BCUT2D eigenvalue weighted by molar-refractivity contribution is 0.0802. The van der Waals surface area contributed by atoms with Crippen LogP contribution in [0.3, 0.4) is 0 Å². The Hall–Kier alpha value is -1.31. The Morgan fingerprint density at radius 3 is 2.47 bits per heavy atom. The van der Waals surface area contributed by atoms with Gasteiger partial charge in [-0.1, -0.05) is 32.9 Å². The van der Waals surface area contributed by atoms with E-state index in [2.05, 4.69) is 26.8 Å². The number of carbonyl (C=O) groups is 1. The molecule has 2 nitrogen and oxygen atoms in total. The lowest BCUT2D eigenvalue weighted by atomic mass is 9.87. The van der Waals surface area contributed by atoms with Gasteiger partial charge in [-0.05, 0) is 36.5 Å². The summed E-state index contributed by atoms with van der Waals surface area (Å²) in [7, 11) is 1.83. The second-order valence-electron chi connectivity index (χ2n) is 5.76. The number of hydrogen-bond acceptors (Lipinski definition) is 1. The summed E-state index contributed by atoms with van der Waals surface area (Å²) in [6, 6.07) is 7.96. The topological polar surface area (TPSA) is 20.3 Å². The van der Waals surface area contributed by atoms with E-state index in [0.29, 0.717) is 0 Å². The molecule has 1 aromatic carbocycles. The monoisotopic (exact) mass is 233 g/mol. The van der Waals surface area contributed by atoms with Gasteiger partial charge in [0.25, 0.3) is 5.91 Å². The maximum absolute atomic E-state index is 12.0. The lowest BCUT2D eigenvalue weighted by Crippen LogP contribution is -2.26. The summed E-state index contributed by atoms with van der Waals surface area (Å²) in [5.41, 5.74) is 2.27. The standard InChI is InChI=1S/C15H23NO/c1-6-16(5)14(17)13-9-7-8-12(10-13)11-15(2,3)4/h7-10H,6,11H2,1-5H3. The van der Waals surface area contributed by atoms with Crippen LogP contribution in [0, 0.1) is 5.41 Å². The average molecular weight is 233 g/mol. The maximum Gasteiger partial charge on any atom is 0.253 e. The molecule has 0 spiro atoms. The van der Waals surface area contributed by atoms with E-state index in [4.69, 9.17) is 0 Å². The summed E-state index contributed by atoms with van der Waals surface area (Å²) in [4.78, 5) is 13.8. The predicted octanol–water partition coefficient (Wildman–Crippen LogP) is 3.37. The van der Waals surface area contributed by atoms with E-state index < -0.39 is 0 Å². The maximum atomic E-state index is 12.0. The zero-order valence-corrected chi connectivity index (χ0v) is 11.6. The molecule has 0 heterocycles. The number of amides is 1. The van der Waals surface area contributed by atoms with Crippen LogP contribution in [0.5, 0.6) is 0 Å². The van der Waals surface area contributed by atoms with Gasteiger partial charge < -0.3 is 4.90 Å². The van der Waals surface area contributed by atoms with Gasteiger partial charge in [-0.2, -0.15) is 0 Å². The number of carbonyl (C=O) groups excluding carboxylic acids is 1. The summed E-state index contributed by atoms with van der Waals surface area (Å²) in [6.07, 6.45) is 0.990. The number of hydrogen-bond donors (Lipinski definition) is 0. The van der Waals surface area contributed by atoms with E-state index in [1.54, 1.807) is 4.90 Å². The Bertz CT molecular complexity index is 390. The minimum Gasteiger partial charge on any atom is -0.342 e. The first-order valence-electron chi connectivity index (χ1n) is 6.18.